The second-order valence-corrected chi connectivity index (χ2v) is 5.88. The predicted molar refractivity (Wildman–Crippen MR) is 94.0 cm³/mol. The van der Waals surface area contributed by atoms with Gasteiger partial charge in [0.25, 0.3) is 0 Å². The van der Waals surface area contributed by atoms with Crippen LogP contribution in [0.15, 0.2) is 42.5 Å². The van der Waals surface area contributed by atoms with Crippen LogP contribution in [0.5, 0.6) is 5.75 Å². The molecule has 6 heteroatoms. The van der Waals surface area contributed by atoms with Gasteiger partial charge in [-0.2, -0.15) is 0 Å². The zero-order valence-corrected chi connectivity index (χ0v) is 14.8. The molecule has 138 valence electrons. The topological polar surface area (TPSA) is 46.6 Å². The molecule has 0 bridgehead atoms. The summed E-state index contributed by atoms with van der Waals surface area (Å²) in [6, 6.07) is 10.3. The minimum Gasteiger partial charge on any atom is -0.494 e. The quantitative estimate of drug-likeness (QED) is 0.668. The Morgan fingerprint density at radius 1 is 1.00 bits per heavy atom. The van der Waals surface area contributed by atoms with Crippen molar-refractivity contribution in [2.45, 2.75) is 26.3 Å². The molecule has 26 heavy (non-hydrogen) atoms. The predicted octanol–water partition coefficient (Wildman–Crippen LogP) is 3.99. The molecular formula is C20H21F2NO3. The van der Waals surface area contributed by atoms with Crippen LogP contribution < -0.4 is 4.74 Å². The zero-order valence-electron chi connectivity index (χ0n) is 14.8. The van der Waals surface area contributed by atoms with Crippen molar-refractivity contribution in [1.29, 1.82) is 0 Å². The van der Waals surface area contributed by atoms with Crippen molar-refractivity contribution in [2.75, 3.05) is 13.7 Å². The van der Waals surface area contributed by atoms with Crippen LogP contribution >= 0.6 is 0 Å². The van der Waals surface area contributed by atoms with E-state index < -0.39 is 11.6 Å². The van der Waals surface area contributed by atoms with Crippen LogP contribution in [-0.2, 0) is 11.3 Å². The first-order valence-electron chi connectivity index (χ1n) is 8.34. The molecule has 0 radical (unpaired) electrons. The first-order chi connectivity index (χ1) is 12.4. The number of Topliss-reactive ketones (excluding diaryl/α,β-unsaturated/α-hetero) is 1. The molecular weight excluding hydrogens is 340 g/mol. The highest BCUT2D eigenvalue weighted by molar-refractivity contribution is 5.98. The maximum absolute atomic E-state index is 13.2. The number of ketones is 1. The summed E-state index contributed by atoms with van der Waals surface area (Å²) in [6.07, 6.45) is 0.126. The Bertz CT molecular complexity index is 775. The van der Waals surface area contributed by atoms with E-state index in [0.717, 1.165) is 12.1 Å². The van der Waals surface area contributed by atoms with E-state index in [9.17, 15) is 18.4 Å². The molecule has 4 nitrogen and oxygen atoms in total. The van der Waals surface area contributed by atoms with Gasteiger partial charge in [0, 0.05) is 32.0 Å². The Balaban J connectivity index is 1.86. The Hall–Kier alpha value is -2.76. The molecule has 2 rings (SSSR count). The summed E-state index contributed by atoms with van der Waals surface area (Å²) in [5.41, 5.74) is 1.00. The van der Waals surface area contributed by atoms with Crippen LogP contribution in [0.2, 0.25) is 0 Å². The van der Waals surface area contributed by atoms with Gasteiger partial charge in [0.05, 0.1) is 6.61 Å². The maximum Gasteiger partial charge on any atom is 0.223 e. The Morgan fingerprint density at radius 2 is 1.69 bits per heavy atom. The molecule has 0 aliphatic carbocycles. The number of halogens is 2. The number of rotatable bonds is 8. The Labute approximate surface area is 151 Å². The molecule has 0 saturated carbocycles. The van der Waals surface area contributed by atoms with Gasteiger partial charge >= 0.3 is 0 Å². The molecule has 1 amide bonds. The fraction of sp³-hybridized carbons (Fsp3) is 0.300. The van der Waals surface area contributed by atoms with E-state index in [1.807, 2.05) is 6.92 Å². The van der Waals surface area contributed by atoms with E-state index in [2.05, 4.69) is 0 Å². The molecule has 0 N–H and O–H groups in total. The van der Waals surface area contributed by atoms with Crippen molar-refractivity contribution in [2.24, 2.45) is 0 Å². The molecule has 2 aromatic rings. The van der Waals surface area contributed by atoms with Crippen molar-refractivity contribution in [3.8, 4) is 5.75 Å². The average molecular weight is 361 g/mol. The van der Waals surface area contributed by atoms with Gasteiger partial charge in [-0.05, 0) is 48.9 Å². The highest BCUT2D eigenvalue weighted by atomic mass is 19.2. The van der Waals surface area contributed by atoms with Gasteiger partial charge in [0.15, 0.2) is 17.4 Å². The average Bonchev–Trinajstić information content (AvgIpc) is 2.63. The molecule has 0 aliphatic rings. The summed E-state index contributed by atoms with van der Waals surface area (Å²) in [4.78, 5) is 25.7. The van der Waals surface area contributed by atoms with Crippen LogP contribution in [0.3, 0.4) is 0 Å². The molecule has 0 heterocycles. The first-order valence-corrected chi connectivity index (χ1v) is 8.34. The molecule has 0 aliphatic heterocycles. The van der Waals surface area contributed by atoms with Crippen LogP contribution in [0, 0.1) is 11.6 Å². The van der Waals surface area contributed by atoms with Crippen molar-refractivity contribution < 1.29 is 23.1 Å². The van der Waals surface area contributed by atoms with Crippen LogP contribution in [0.4, 0.5) is 8.78 Å². The Kier molecular flexibility index (Phi) is 6.83. The zero-order chi connectivity index (χ0) is 19.1. The number of benzene rings is 2. The number of amides is 1. The van der Waals surface area contributed by atoms with Crippen LogP contribution in [-0.4, -0.2) is 30.2 Å². The second-order valence-electron chi connectivity index (χ2n) is 5.88. The van der Waals surface area contributed by atoms with Crippen LogP contribution in [0.25, 0.3) is 0 Å². The van der Waals surface area contributed by atoms with Gasteiger partial charge < -0.3 is 9.64 Å². The van der Waals surface area contributed by atoms with E-state index in [1.54, 1.807) is 31.3 Å². The van der Waals surface area contributed by atoms with Crippen molar-refractivity contribution in [3.05, 3.63) is 65.2 Å². The monoisotopic (exact) mass is 361 g/mol. The third-order valence-electron chi connectivity index (χ3n) is 3.88. The molecule has 0 fully saturated rings. The molecule has 0 aromatic heterocycles. The summed E-state index contributed by atoms with van der Waals surface area (Å²) in [6.45, 7) is 2.57. The highest BCUT2D eigenvalue weighted by Crippen LogP contribution is 2.15. The van der Waals surface area contributed by atoms with Crippen LogP contribution in [0.1, 0.15) is 35.7 Å². The lowest BCUT2D eigenvalue weighted by Crippen LogP contribution is -2.26. The van der Waals surface area contributed by atoms with Gasteiger partial charge in [-0.3, -0.25) is 9.59 Å². The smallest absolute Gasteiger partial charge is 0.223 e. The number of ether oxygens (including phenoxy) is 1. The van der Waals surface area contributed by atoms with Gasteiger partial charge in [-0.15, -0.1) is 0 Å². The van der Waals surface area contributed by atoms with E-state index >= 15 is 0 Å². The van der Waals surface area contributed by atoms with E-state index in [-0.39, 0.29) is 31.1 Å². The SMILES string of the molecule is CCOc1ccc(C(=O)CCC(=O)N(C)Cc2ccc(F)c(F)c2)cc1. The number of hydrogen-bond donors (Lipinski definition) is 0. The minimum atomic E-state index is -0.950. The molecule has 0 saturated heterocycles. The largest absolute Gasteiger partial charge is 0.494 e. The molecule has 0 spiro atoms. The van der Waals surface area contributed by atoms with E-state index in [1.165, 1.54) is 11.0 Å². The first kappa shape index (κ1) is 19.6. The maximum atomic E-state index is 13.2. The van der Waals surface area contributed by atoms with Gasteiger partial charge in [0.1, 0.15) is 5.75 Å². The standard InChI is InChI=1S/C20H21F2NO3/c1-3-26-16-7-5-15(6-8-16)19(24)10-11-20(25)23(2)13-14-4-9-17(21)18(22)12-14/h4-9,12H,3,10-11,13H2,1-2H3. The summed E-state index contributed by atoms with van der Waals surface area (Å²) in [5.74, 6) is -1.57. The minimum absolute atomic E-state index is 0.0478. The number of nitrogens with zero attached hydrogens (tertiary/aromatic N) is 1. The fourth-order valence-corrected chi connectivity index (χ4v) is 2.46. The molecule has 2 aromatic carbocycles. The number of carbonyl (C=O) groups is 2. The van der Waals surface area contributed by atoms with Gasteiger partial charge in [0.2, 0.25) is 5.91 Å². The second kappa shape index (κ2) is 9.08. The third kappa shape index (κ3) is 5.37. The van der Waals surface area contributed by atoms with Gasteiger partial charge in [-0.25, -0.2) is 8.78 Å². The van der Waals surface area contributed by atoms with Crippen molar-refractivity contribution in [3.63, 3.8) is 0 Å². The Morgan fingerprint density at radius 3 is 2.31 bits per heavy atom. The normalized spacial score (nSPS) is 10.5. The lowest BCUT2D eigenvalue weighted by Gasteiger charge is -2.17. The van der Waals surface area contributed by atoms with Gasteiger partial charge in [-0.1, -0.05) is 6.07 Å². The molecule has 0 atom stereocenters. The summed E-state index contributed by atoms with van der Waals surface area (Å²) < 4.78 is 31.5. The lowest BCUT2D eigenvalue weighted by atomic mass is 10.1. The lowest BCUT2D eigenvalue weighted by molar-refractivity contribution is -0.130. The summed E-state index contributed by atoms with van der Waals surface area (Å²) >= 11 is 0. The fourth-order valence-electron chi connectivity index (χ4n) is 2.46. The van der Waals surface area contributed by atoms with Crippen molar-refractivity contribution in [1.82, 2.24) is 4.90 Å². The van der Waals surface area contributed by atoms with Crippen molar-refractivity contribution >= 4 is 11.7 Å². The number of carbonyl (C=O) groups excluding carboxylic acids is 2. The van der Waals surface area contributed by atoms with E-state index in [0.29, 0.717) is 23.5 Å². The summed E-state index contributed by atoms with van der Waals surface area (Å²) in [7, 11) is 1.56. The number of hydrogen-bond acceptors (Lipinski definition) is 3. The van der Waals surface area contributed by atoms with E-state index in [4.69, 9.17) is 4.74 Å². The third-order valence-corrected chi connectivity index (χ3v) is 3.88. The summed E-state index contributed by atoms with van der Waals surface area (Å²) in [5, 5.41) is 0. The highest BCUT2D eigenvalue weighted by Gasteiger charge is 2.14. The molecule has 0 unspecified atom stereocenters.